The van der Waals surface area contributed by atoms with Crippen molar-refractivity contribution in [2.75, 3.05) is 25.0 Å². The normalized spacial score (nSPS) is 16.8. The molecule has 1 aromatic heterocycles. The molecule has 1 aliphatic rings. The fourth-order valence-corrected chi connectivity index (χ4v) is 3.86. The SMILES string of the molecule is CN(C[C@@H]1CCCN1C(=O)C[C@H](N)Cc1cc(F)c(F)cc1F)c1ccc(C#N)cn1. The van der Waals surface area contributed by atoms with Gasteiger partial charge in [-0.3, -0.25) is 4.79 Å². The van der Waals surface area contributed by atoms with E-state index >= 15 is 0 Å². The molecule has 0 saturated carbocycles. The molecule has 3 rings (SSSR count). The molecule has 1 amide bonds. The lowest BCUT2D eigenvalue weighted by Crippen LogP contribution is -2.44. The number of aromatic nitrogens is 1. The van der Waals surface area contributed by atoms with Gasteiger partial charge < -0.3 is 15.5 Å². The van der Waals surface area contributed by atoms with Gasteiger partial charge in [0.2, 0.25) is 5.91 Å². The summed E-state index contributed by atoms with van der Waals surface area (Å²) in [5, 5.41) is 8.88. The highest BCUT2D eigenvalue weighted by Crippen LogP contribution is 2.22. The summed E-state index contributed by atoms with van der Waals surface area (Å²) in [4.78, 5) is 20.8. The van der Waals surface area contributed by atoms with Crippen LogP contribution in [-0.2, 0) is 11.2 Å². The minimum Gasteiger partial charge on any atom is -0.358 e. The van der Waals surface area contributed by atoms with E-state index in [-0.39, 0.29) is 30.4 Å². The van der Waals surface area contributed by atoms with Crippen LogP contribution >= 0.6 is 0 Å². The highest BCUT2D eigenvalue weighted by molar-refractivity contribution is 5.77. The minimum atomic E-state index is -1.26. The predicted molar refractivity (Wildman–Crippen MR) is 110 cm³/mol. The smallest absolute Gasteiger partial charge is 0.224 e. The van der Waals surface area contributed by atoms with Crippen LogP contribution in [-0.4, -0.2) is 48.0 Å². The number of carbonyl (C=O) groups is 1. The third-order valence-electron chi connectivity index (χ3n) is 5.46. The maximum Gasteiger partial charge on any atom is 0.224 e. The van der Waals surface area contributed by atoms with E-state index in [1.165, 1.54) is 6.20 Å². The Labute approximate surface area is 179 Å². The molecule has 2 atom stereocenters. The van der Waals surface area contributed by atoms with Crippen molar-refractivity contribution >= 4 is 11.7 Å². The van der Waals surface area contributed by atoms with Crippen molar-refractivity contribution in [1.29, 1.82) is 5.26 Å². The Hall–Kier alpha value is -3.12. The lowest BCUT2D eigenvalue weighted by molar-refractivity contribution is -0.132. The Bertz CT molecular complexity index is 976. The molecule has 9 heteroatoms. The quantitative estimate of drug-likeness (QED) is 0.682. The molecular weight excluding hydrogens is 407 g/mol. The van der Waals surface area contributed by atoms with E-state index in [0.29, 0.717) is 30.5 Å². The number of nitrogens with zero attached hydrogens (tertiary/aromatic N) is 4. The van der Waals surface area contributed by atoms with Gasteiger partial charge in [-0.15, -0.1) is 0 Å². The number of likely N-dealkylation sites (N-methyl/N-ethyl adjacent to an activating group) is 1. The Kier molecular flexibility index (Phi) is 7.13. The molecule has 6 nitrogen and oxygen atoms in total. The van der Waals surface area contributed by atoms with Gasteiger partial charge >= 0.3 is 0 Å². The first kappa shape index (κ1) is 22.6. The summed E-state index contributed by atoms with van der Waals surface area (Å²) < 4.78 is 40.3. The zero-order valence-corrected chi connectivity index (χ0v) is 17.2. The summed E-state index contributed by atoms with van der Waals surface area (Å²) in [5.74, 6) is -2.74. The number of hydrogen-bond acceptors (Lipinski definition) is 5. The Morgan fingerprint density at radius 3 is 2.74 bits per heavy atom. The number of carbonyl (C=O) groups excluding carboxylic acids is 1. The van der Waals surface area contributed by atoms with Gasteiger partial charge in [0.05, 0.1) is 5.56 Å². The van der Waals surface area contributed by atoms with E-state index in [1.54, 1.807) is 17.0 Å². The summed E-state index contributed by atoms with van der Waals surface area (Å²) in [7, 11) is 1.87. The summed E-state index contributed by atoms with van der Waals surface area (Å²) >= 11 is 0. The maximum absolute atomic E-state index is 13.9. The van der Waals surface area contributed by atoms with Gasteiger partial charge in [-0.05, 0) is 43.0 Å². The van der Waals surface area contributed by atoms with Gasteiger partial charge in [-0.2, -0.15) is 5.26 Å². The van der Waals surface area contributed by atoms with Crippen LogP contribution in [0.4, 0.5) is 19.0 Å². The molecule has 1 aromatic carbocycles. The largest absolute Gasteiger partial charge is 0.358 e. The molecule has 0 unspecified atom stereocenters. The van der Waals surface area contributed by atoms with Crippen LogP contribution in [0.5, 0.6) is 0 Å². The first-order chi connectivity index (χ1) is 14.8. The van der Waals surface area contributed by atoms with E-state index in [0.717, 1.165) is 18.9 Å². The number of pyridine rings is 1. The highest BCUT2D eigenvalue weighted by atomic mass is 19.2. The van der Waals surface area contributed by atoms with Crippen molar-refractivity contribution in [3.8, 4) is 6.07 Å². The molecule has 0 spiro atoms. The zero-order chi connectivity index (χ0) is 22.5. The standard InChI is InChI=1S/C22H24F3N5O/c1-29(21-5-4-14(11-26)12-28-21)13-17-3-2-6-30(17)22(31)9-16(27)7-15-8-19(24)20(25)10-18(15)23/h4-5,8,10,12,16-17H,2-3,6-7,9,13,27H2,1H3/t16-,17+/m1/s1. The van der Waals surface area contributed by atoms with Crippen molar-refractivity contribution in [3.05, 3.63) is 59.0 Å². The Morgan fingerprint density at radius 1 is 1.32 bits per heavy atom. The van der Waals surface area contributed by atoms with Gasteiger partial charge in [0, 0.05) is 50.9 Å². The van der Waals surface area contributed by atoms with E-state index in [4.69, 9.17) is 11.0 Å². The first-order valence-electron chi connectivity index (χ1n) is 10.0. The van der Waals surface area contributed by atoms with Gasteiger partial charge in [0.25, 0.3) is 0 Å². The molecule has 0 radical (unpaired) electrons. The van der Waals surface area contributed by atoms with Crippen LogP contribution in [0.1, 0.15) is 30.4 Å². The molecule has 1 saturated heterocycles. The molecule has 0 aliphatic carbocycles. The lowest BCUT2D eigenvalue weighted by Gasteiger charge is -2.30. The molecule has 2 aromatic rings. The highest BCUT2D eigenvalue weighted by Gasteiger charge is 2.30. The summed E-state index contributed by atoms with van der Waals surface area (Å²) in [5.41, 5.74) is 6.44. The molecule has 1 aliphatic heterocycles. The van der Waals surface area contributed by atoms with Gasteiger partial charge in [-0.25, -0.2) is 18.2 Å². The zero-order valence-electron chi connectivity index (χ0n) is 17.2. The van der Waals surface area contributed by atoms with E-state index in [2.05, 4.69) is 4.98 Å². The third kappa shape index (κ3) is 5.52. The minimum absolute atomic E-state index is 0.0201. The summed E-state index contributed by atoms with van der Waals surface area (Å²) in [6.07, 6.45) is 3.10. The number of anilines is 1. The van der Waals surface area contributed by atoms with Crippen molar-refractivity contribution < 1.29 is 18.0 Å². The number of nitrogens with two attached hydrogens (primary N) is 1. The van der Waals surface area contributed by atoms with Crippen LogP contribution in [0.15, 0.2) is 30.5 Å². The van der Waals surface area contributed by atoms with E-state index in [9.17, 15) is 18.0 Å². The number of hydrogen-bond donors (Lipinski definition) is 1. The number of amides is 1. The summed E-state index contributed by atoms with van der Waals surface area (Å²) in [6.45, 7) is 1.17. The molecule has 164 valence electrons. The first-order valence-corrected chi connectivity index (χ1v) is 10.0. The molecule has 2 heterocycles. The summed E-state index contributed by atoms with van der Waals surface area (Å²) in [6, 6.07) is 6.00. The van der Waals surface area contributed by atoms with Gasteiger partial charge in [0.1, 0.15) is 17.7 Å². The molecular formula is C22H24F3N5O. The van der Waals surface area contributed by atoms with Crippen LogP contribution < -0.4 is 10.6 Å². The van der Waals surface area contributed by atoms with Crippen molar-refractivity contribution in [2.24, 2.45) is 5.73 Å². The molecule has 2 N–H and O–H groups in total. The van der Waals surface area contributed by atoms with Crippen molar-refractivity contribution in [3.63, 3.8) is 0 Å². The number of halogens is 3. The monoisotopic (exact) mass is 431 g/mol. The molecule has 31 heavy (non-hydrogen) atoms. The van der Waals surface area contributed by atoms with Crippen LogP contribution in [0.3, 0.4) is 0 Å². The predicted octanol–water partition coefficient (Wildman–Crippen LogP) is 2.76. The third-order valence-corrected chi connectivity index (χ3v) is 5.46. The van der Waals surface area contributed by atoms with Crippen molar-refractivity contribution in [1.82, 2.24) is 9.88 Å². The van der Waals surface area contributed by atoms with Crippen LogP contribution in [0.25, 0.3) is 0 Å². The lowest BCUT2D eigenvalue weighted by atomic mass is 10.0. The number of benzene rings is 1. The van der Waals surface area contributed by atoms with E-state index in [1.807, 2.05) is 18.0 Å². The van der Waals surface area contributed by atoms with Crippen LogP contribution in [0.2, 0.25) is 0 Å². The average Bonchev–Trinajstić information content (AvgIpc) is 3.20. The Balaban J connectivity index is 1.58. The van der Waals surface area contributed by atoms with Crippen LogP contribution in [0, 0.1) is 28.8 Å². The van der Waals surface area contributed by atoms with Crippen molar-refractivity contribution in [2.45, 2.75) is 37.8 Å². The number of likely N-dealkylation sites (tertiary alicyclic amines) is 1. The van der Waals surface area contributed by atoms with Gasteiger partial charge in [-0.1, -0.05) is 0 Å². The fraction of sp³-hybridized carbons (Fsp3) is 0.409. The molecule has 0 bridgehead atoms. The second-order valence-electron chi connectivity index (χ2n) is 7.81. The average molecular weight is 431 g/mol. The maximum atomic E-state index is 13.9. The fourth-order valence-electron chi connectivity index (χ4n) is 3.86. The number of rotatable bonds is 7. The van der Waals surface area contributed by atoms with Gasteiger partial charge in [0.15, 0.2) is 11.6 Å². The molecule has 1 fully saturated rings. The topological polar surface area (TPSA) is 86.2 Å². The van der Waals surface area contributed by atoms with E-state index < -0.39 is 23.5 Å². The second kappa shape index (κ2) is 9.79. The number of nitriles is 1. The Morgan fingerprint density at radius 2 is 2.06 bits per heavy atom. The second-order valence-corrected chi connectivity index (χ2v) is 7.81.